The van der Waals surface area contributed by atoms with Crippen molar-refractivity contribution in [2.24, 2.45) is 0 Å². The van der Waals surface area contributed by atoms with Crippen molar-refractivity contribution >= 4 is 5.97 Å². The molecule has 0 aliphatic carbocycles. The molecule has 1 unspecified atom stereocenters. The fourth-order valence-corrected chi connectivity index (χ4v) is 5.47. The molecule has 0 rings (SSSR count). The summed E-state index contributed by atoms with van der Waals surface area (Å²) in [5, 5.41) is 9.59. The summed E-state index contributed by atoms with van der Waals surface area (Å²) in [6.07, 6.45) is 56.6. The van der Waals surface area contributed by atoms with Crippen LogP contribution in [0.3, 0.4) is 0 Å². The Bertz CT molecular complexity index is 850. The fraction of sp³-hybridized carbons (Fsp3) is 0.711. The highest BCUT2D eigenvalue weighted by molar-refractivity contribution is 5.69. The number of carbonyl (C=O) groups is 1. The SMILES string of the molecule is CC/C=C\C/C=C\C/C=C\CCCCCCCCCC(=O)OC(CO)COCCCCCCCCC/C=C\C/C=C\C/C=C\CCCCC. The monoisotopic (exact) mass is 683 g/mol. The van der Waals surface area contributed by atoms with Crippen LogP contribution in [0.25, 0.3) is 0 Å². The molecule has 0 radical (unpaired) electrons. The van der Waals surface area contributed by atoms with E-state index in [9.17, 15) is 9.90 Å². The Morgan fingerprint density at radius 3 is 1.39 bits per heavy atom. The molecule has 0 fully saturated rings. The number of unbranched alkanes of at least 4 members (excludes halogenated alkanes) is 17. The van der Waals surface area contributed by atoms with Gasteiger partial charge in [-0.05, 0) is 83.5 Å². The van der Waals surface area contributed by atoms with E-state index >= 15 is 0 Å². The van der Waals surface area contributed by atoms with Crippen molar-refractivity contribution in [1.82, 2.24) is 0 Å². The Morgan fingerprint density at radius 2 is 0.918 bits per heavy atom. The molecule has 0 bridgehead atoms. The Labute approximate surface area is 304 Å². The molecule has 1 N–H and O–H groups in total. The standard InChI is InChI=1S/C45H78O4/c1-3-5-7-9-11-13-15-17-19-21-22-23-25-27-29-31-33-35-37-39-41-48-43-44(42-46)49-45(47)40-38-36-34-32-30-28-26-24-20-18-16-14-12-10-8-6-4-2/h6,8,11-14,17-20,22-23,44,46H,3-5,7,9-10,15-16,21,24-43H2,1-2H3/b8-6-,13-11-,14-12-,19-17-,20-18-,23-22-. The van der Waals surface area contributed by atoms with E-state index in [1.807, 2.05) is 0 Å². The van der Waals surface area contributed by atoms with E-state index < -0.39 is 6.10 Å². The van der Waals surface area contributed by atoms with E-state index in [-0.39, 0.29) is 19.2 Å². The third kappa shape index (κ3) is 40.1. The van der Waals surface area contributed by atoms with Gasteiger partial charge in [0.25, 0.3) is 0 Å². The summed E-state index contributed by atoms with van der Waals surface area (Å²) in [5.74, 6) is -0.217. The first-order valence-corrected chi connectivity index (χ1v) is 20.5. The van der Waals surface area contributed by atoms with Gasteiger partial charge in [-0.25, -0.2) is 0 Å². The van der Waals surface area contributed by atoms with Gasteiger partial charge >= 0.3 is 5.97 Å². The van der Waals surface area contributed by atoms with Gasteiger partial charge in [0.1, 0.15) is 6.10 Å². The lowest BCUT2D eigenvalue weighted by atomic mass is 10.1. The Kier molecular flexibility index (Phi) is 40.1. The molecule has 0 aliphatic heterocycles. The van der Waals surface area contributed by atoms with Crippen molar-refractivity contribution in [1.29, 1.82) is 0 Å². The van der Waals surface area contributed by atoms with Crippen LogP contribution >= 0.6 is 0 Å². The zero-order chi connectivity index (χ0) is 35.6. The maximum atomic E-state index is 12.2. The lowest BCUT2D eigenvalue weighted by molar-refractivity contribution is -0.154. The second kappa shape index (κ2) is 42.0. The van der Waals surface area contributed by atoms with Crippen LogP contribution in [-0.2, 0) is 14.3 Å². The van der Waals surface area contributed by atoms with Crippen molar-refractivity contribution in [3.05, 3.63) is 72.9 Å². The minimum atomic E-state index is -0.548. The topological polar surface area (TPSA) is 55.8 Å². The molecule has 49 heavy (non-hydrogen) atoms. The Balaban J connectivity index is 3.50. The maximum Gasteiger partial charge on any atom is 0.306 e. The summed E-state index contributed by atoms with van der Waals surface area (Å²) >= 11 is 0. The van der Waals surface area contributed by atoms with Gasteiger partial charge in [-0.15, -0.1) is 0 Å². The van der Waals surface area contributed by atoms with E-state index in [1.165, 1.54) is 103 Å². The first kappa shape index (κ1) is 46.8. The average Bonchev–Trinajstić information content (AvgIpc) is 3.11. The van der Waals surface area contributed by atoms with E-state index in [0.29, 0.717) is 13.0 Å². The van der Waals surface area contributed by atoms with Crippen LogP contribution in [-0.4, -0.2) is 37.0 Å². The number of rotatable bonds is 37. The third-order valence-electron chi connectivity index (χ3n) is 8.52. The number of aliphatic hydroxyl groups is 1. The molecule has 0 aromatic rings. The largest absolute Gasteiger partial charge is 0.457 e. The zero-order valence-electron chi connectivity index (χ0n) is 32.2. The maximum absolute atomic E-state index is 12.2. The molecular weight excluding hydrogens is 604 g/mol. The minimum absolute atomic E-state index is 0.184. The molecule has 0 heterocycles. The number of ether oxygens (including phenoxy) is 2. The third-order valence-corrected chi connectivity index (χ3v) is 8.52. The van der Waals surface area contributed by atoms with Crippen molar-refractivity contribution in [3.8, 4) is 0 Å². The van der Waals surface area contributed by atoms with E-state index in [0.717, 1.165) is 57.8 Å². The number of hydrogen-bond acceptors (Lipinski definition) is 4. The summed E-state index contributed by atoms with van der Waals surface area (Å²) in [5.41, 5.74) is 0. The number of carbonyl (C=O) groups excluding carboxylic acids is 1. The molecule has 282 valence electrons. The Hall–Kier alpha value is -2.17. The van der Waals surface area contributed by atoms with Crippen LogP contribution in [0.5, 0.6) is 0 Å². The first-order valence-electron chi connectivity index (χ1n) is 20.5. The van der Waals surface area contributed by atoms with Crippen molar-refractivity contribution in [2.75, 3.05) is 19.8 Å². The van der Waals surface area contributed by atoms with Crippen molar-refractivity contribution in [3.63, 3.8) is 0 Å². The van der Waals surface area contributed by atoms with Gasteiger partial charge in [0.2, 0.25) is 0 Å². The number of hydrogen-bond donors (Lipinski definition) is 1. The van der Waals surface area contributed by atoms with Crippen LogP contribution in [0.2, 0.25) is 0 Å². The van der Waals surface area contributed by atoms with Crippen molar-refractivity contribution < 1.29 is 19.4 Å². The van der Waals surface area contributed by atoms with E-state index in [1.54, 1.807) is 0 Å². The molecule has 1 atom stereocenters. The highest BCUT2D eigenvalue weighted by atomic mass is 16.6. The summed E-state index contributed by atoms with van der Waals surface area (Å²) in [7, 11) is 0. The molecule has 0 spiro atoms. The van der Waals surface area contributed by atoms with Gasteiger partial charge in [0, 0.05) is 13.0 Å². The summed E-state index contributed by atoms with van der Waals surface area (Å²) in [4.78, 5) is 12.2. The highest BCUT2D eigenvalue weighted by Crippen LogP contribution is 2.12. The van der Waals surface area contributed by atoms with Crippen LogP contribution in [0.15, 0.2) is 72.9 Å². The predicted octanol–water partition coefficient (Wildman–Crippen LogP) is 13.4. The first-order chi connectivity index (χ1) is 24.2. The molecule has 0 aromatic heterocycles. The molecule has 0 amide bonds. The molecule has 0 saturated heterocycles. The van der Waals surface area contributed by atoms with Gasteiger partial charge < -0.3 is 14.6 Å². The molecule has 4 nitrogen and oxygen atoms in total. The minimum Gasteiger partial charge on any atom is -0.457 e. The number of esters is 1. The zero-order valence-corrected chi connectivity index (χ0v) is 32.2. The highest BCUT2D eigenvalue weighted by Gasteiger charge is 2.13. The molecule has 0 aromatic carbocycles. The molecular formula is C45H78O4. The van der Waals surface area contributed by atoms with Crippen molar-refractivity contribution in [2.45, 2.75) is 187 Å². The van der Waals surface area contributed by atoms with Crippen LogP contribution in [0, 0.1) is 0 Å². The van der Waals surface area contributed by atoms with Gasteiger partial charge in [-0.1, -0.05) is 164 Å². The van der Waals surface area contributed by atoms with Gasteiger partial charge in [-0.3, -0.25) is 4.79 Å². The Morgan fingerprint density at radius 1 is 0.510 bits per heavy atom. The average molecular weight is 683 g/mol. The van der Waals surface area contributed by atoms with Gasteiger partial charge in [-0.2, -0.15) is 0 Å². The molecule has 4 heteroatoms. The normalized spacial score (nSPS) is 13.1. The van der Waals surface area contributed by atoms with E-state index in [4.69, 9.17) is 9.47 Å². The smallest absolute Gasteiger partial charge is 0.306 e. The quantitative estimate of drug-likeness (QED) is 0.0402. The molecule has 0 aliphatic rings. The predicted molar refractivity (Wildman–Crippen MR) is 214 cm³/mol. The number of aliphatic hydroxyl groups excluding tert-OH is 1. The summed E-state index contributed by atoms with van der Waals surface area (Å²) < 4.78 is 11.1. The van der Waals surface area contributed by atoms with Crippen LogP contribution in [0.1, 0.15) is 181 Å². The summed E-state index contributed by atoms with van der Waals surface area (Å²) in [6.45, 7) is 5.17. The van der Waals surface area contributed by atoms with Gasteiger partial charge in [0.05, 0.1) is 13.2 Å². The van der Waals surface area contributed by atoms with Gasteiger partial charge in [0.15, 0.2) is 0 Å². The summed E-state index contributed by atoms with van der Waals surface area (Å²) in [6, 6.07) is 0. The second-order valence-electron chi connectivity index (χ2n) is 13.3. The van der Waals surface area contributed by atoms with Crippen LogP contribution in [0.4, 0.5) is 0 Å². The molecule has 0 saturated carbocycles. The van der Waals surface area contributed by atoms with Crippen LogP contribution < -0.4 is 0 Å². The fourth-order valence-electron chi connectivity index (χ4n) is 5.47. The number of allylic oxidation sites excluding steroid dienone is 12. The lowest BCUT2D eigenvalue weighted by Gasteiger charge is -2.15. The van der Waals surface area contributed by atoms with E-state index in [2.05, 4.69) is 86.8 Å². The second-order valence-corrected chi connectivity index (χ2v) is 13.3. The lowest BCUT2D eigenvalue weighted by Crippen LogP contribution is -2.27.